The minimum absolute atomic E-state index is 0.215. The fraction of sp³-hybridized carbons (Fsp3) is 0.176. The molecule has 1 amide bonds. The zero-order valence-electron chi connectivity index (χ0n) is 12.9. The monoisotopic (exact) mass is 327 g/mol. The number of aromatic nitrogens is 2. The molecule has 0 unspecified atom stereocenters. The van der Waals surface area contributed by atoms with Gasteiger partial charge in [0.2, 0.25) is 11.8 Å². The molecular weight excluding hydrogens is 310 g/mol. The van der Waals surface area contributed by atoms with Gasteiger partial charge in [0.1, 0.15) is 6.54 Å². The highest BCUT2D eigenvalue weighted by Gasteiger charge is 2.09. The van der Waals surface area contributed by atoms with Crippen molar-refractivity contribution in [2.45, 2.75) is 13.0 Å². The number of furan rings is 1. The highest BCUT2D eigenvalue weighted by atomic mass is 16.3. The molecule has 2 heterocycles. The van der Waals surface area contributed by atoms with Crippen molar-refractivity contribution in [1.82, 2.24) is 14.9 Å². The zero-order valence-corrected chi connectivity index (χ0v) is 12.9. The van der Waals surface area contributed by atoms with Crippen LogP contribution in [0, 0.1) is 0 Å². The lowest BCUT2D eigenvalue weighted by Gasteiger charge is -2.07. The van der Waals surface area contributed by atoms with Crippen LogP contribution in [-0.4, -0.2) is 27.1 Å². The van der Waals surface area contributed by atoms with Gasteiger partial charge in [-0.3, -0.25) is 9.36 Å². The number of rotatable bonds is 6. The van der Waals surface area contributed by atoms with Crippen LogP contribution in [0.3, 0.4) is 0 Å². The third-order valence-corrected chi connectivity index (χ3v) is 3.69. The van der Waals surface area contributed by atoms with Crippen LogP contribution >= 0.6 is 0 Å². The van der Waals surface area contributed by atoms with Crippen molar-refractivity contribution in [3.05, 3.63) is 65.1 Å². The van der Waals surface area contributed by atoms with Gasteiger partial charge in [0.25, 0.3) is 0 Å². The van der Waals surface area contributed by atoms with Gasteiger partial charge in [-0.05, 0) is 23.6 Å². The van der Waals surface area contributed by atoms with Gasteiger partial charge in [-0.1, -0.05) is 24.3 Å². The van der Waals surface area contributed by atoms with Crippen LogP contribution in [0.4, 0.5) is 0 Å². The summed E-state index contributed by atoms with van der Waals surface area (Å²) in [4.78, 5) is 25.5. The number of aromatic amines is 1. The Bertz CT molecular complexity index is 860. The summed E-state index contributed by atoms with van der Waals surface area (Å²) >= 11 is 0. The highest BCUT2D eigenvalue weighted by molar-refractivity contribution is 5.75. The first-order valence-electron chi connectivity index (χ1n) is 7.49. The summed E-state index contributed by atoms with van der Waals surface area (Å²) in [5, 5.41) is 12.2. The molecule has 0 atom stereocenters. The number of benzene rings is 1. The lowest BCUT2D eigenvalue weighted by atomic mass is 10.1. The van der Waals surface area contributed by atoms with Crippen LogP contribution in [0.15, 0.2) is 58.3 Å². The Morgan fingerprint density at radius 1 is 1.21 bits per heavy atom. The maximum absolute atomic E-state index is 11.8. The molecule has 2 aromatic heterocycles. The maximum Gasteiger partial charge on any atom is 0.328 e. The number of nitrogens with one attached hydrogen (secondary N) is 2. The summed E-state index contributed by atoms with van der Waals surface area (Å²) in [6, 6.07) is 9.89. The number of H-pyrrole nitrogens is 1. The first-order valence-corrected chi connectivity index (χ1v) is 7.49. The van der Waals surface area contributed by atoms with Gasteiger partial charge >= 0.3 is 5.69 Å². The van der Waals surface area contributed by atoms with E-state index in [0.717, 1.165) is 27.5 Å². The van der Waals surface area contributed by atoms with E-state index < -0.39 is 5.69 Å². The topological polar surface area (TPSA) is 100 Å². The molecule has 7 nitrogen and oxygen atoms in total. The molecule has 24 heavy (non-hydrogen) atoms. The standard InChI is InChI=1S/C17H17N3O4/c21-15(10-20-16(22)9-19-17(20)23)18-7-5-12-1-3-13(4-2-12)14-6-8-24-11-14/h1-4,6,8-9,11,22H,5,7,10H2,(H,18,21)(H,19,23). The maximum atomic E-state index is 11.8. The van der Waals surface area contributed by atoms with Crippen molar-refractivity contribution in [1.29, 1.82) is 0 Å². The van der Waals surface area contributed by atoms with Crippen molar-refractivity contribution in [3.63, 3.8) is 0 Å². The molecule has 3 N–H and O–H groups in total. The van der Waals surface area contributed by atoms with Gasteiger partial charge in [0, 0.05) is 12.1 Å². The molecule has 0 saturated carbocycles. The van der Waals surface area contributed by atoms with E-state index in [0.29, 0.717) is 13.0 Å². The van der Waals surface area contributed by atoms with Crippen LogP contribution < -0.4 is 11.0 Å². The Balaban J connectivity index is 1.49. The van der Waals surface area contributed by atoms with E-state index in [1.54, 1.807) is 12.5 Å². The summed E-state index contributed by atoms with van der Waals surface area (Å²) in [5.74, 6) is -0.591. The zero-order chi connectivity index (χ0) is 16.9. The normalized spacial score (nSPS) is 10.7. The Morgan fingerprint density at radius 2 is 2.00 bits per heavy atom. The van der Waals surface area contributed by atoms with Crippen molar-refractivity contribution >= 4 is 5.91 Å². The Kier molecular flexibility index (Phi) is 4.51. The quantitative estimate of drug-likeness (QED) is 0.639. The molecule has 0 saturated heterocycles. The first-order chi connectivity index (χ1) is 11.6. The molecule has 1 aromatic carbocycles. The fourth-order valence-corrected chi connectivity index (χ4v) is 2.38. The minimum Gasteiger partial charge on any atom is -0.493 e. The third kappa shape index (κ3) is 3.57. The van der Waals surface area contributed by atoms with Crippen LogP contribution in [0.5, 0.6) is 5.88 Å². The Hall–Kier alpha value is -3.22. The molecule has 0 aliphatic heterocycles. The van der Waals surface area contributed by atoms with E-state index >= 15 is 0 Å². The number of nitrogens with zero attached hydrogens (tertiary/aromatic N) is 1. The van der Waals surface area contributed by atoms with Gasteiger partial charge in [0.15, 0.2) is 0 Å². The van der Waals surface area contributed by atoms with Crippen LogP contribution in [-0.2, 0) is 17.8 Å². The summed E-state index contributed by atoms with van der Waals surface area (Å²) in [6.07, 6.45) is 5.14. The van der Waals surface area contributed by atoms with E-state index in [2.05, 4.69) is 10.3 Å². The second-order valence-corrected chi connectivity index (χ2v) is 5.35. The first kappa shape index (κ1) is 15.7. The molecule has 3 rings (SSSR count). The lowest BCUT2D eigenvalue weighted by Crippen LogP contribution is -2.32. The van der Waals surface area contributed by atoms with E-state index in [9.17, 15) is 14.7 Å². The molecule has 124 valence electrons. The number of aromatic hydroxyl groups is 1. The summed E-state index contributed by atoms with van der Waals surface area (Å²) in [5.41, 5.74) is 2.66. The minimum atomic E-state index is -0.516. The van der Waals surface area contributed by atoms with Crippen molar-refractivity contribution in [2.75, 3.05) is 6.54 Å². The van der Waals surface area contributed by atoms with Gasteiger partial charge in [-0.15, -0.1) is 0 Å². The molecule has 0 aliphatic rings. The number of amides is 1. The molecule has 0 aliphatic carbocycles. The number of hydrogen-bond donors (Lipinski definition) is 3. The van der Waals surface area contributed by atoms with E-state index in [-0.39, 0.29) is 18.3 Å². The number of hydrogen-bond acceptors (Lipinski definition) is 4. The second kappa shape index (κ2) is 6.91. The van der Waals surface area contributed by atoms with Crippen molar-refractivity contribution < 1.29 is 14.3 Å². The second-order valence-electron chi connectivity index (χ2n) is 5.35. The van der Waals surface area contributed by atoms with Gasteiger partial charge < -0.3 is 19.8 Å². The molecular formula is C17H17N3O4. The smallest absolute Gasteiger partial charge is 0.328 e. The summed E-state index contributed by atoms with van der Waals surface area (Å²) in [6.45, 7) is 0.234. The highest BCUT2D eigenvalue weighted by Crippen LogP contribution is 2.20. The molecule has 3 aromatic rings. The SMILES string of the molecule is O=C(Cn1c(O)c[nH]c1=O)NCCc1ccc(-c2ccoc2)cc1. The van der Waals surface area contributed by atoms with Crippen LogP contribution in [0.2, 0.25) is 0 Å². The molecule has 0 fully saturated rings. The van der Waals surface area contributed by atoms with Crippen LogP contribution in [0.1, 0.15) is 5.56 Å². The fourth-order valence-electron chi connectivity index (χ4n) is 2.38. The van der Waals surface area contributed by atoms with Crippen molar-refractivity contribution in [2.24, 2.45) is 0 Å². The number of carbonyl (C=O) groups excluding carboxylic acids is 1. The predicted octanol–water partition coefficient (Wildman–Crippen LogP) is 1.50. The lowest BCUT2D eigenvalue weighted by molar-refractivity contribution is -0.121. The molecule has 0 bridgehead atoms. The van der Waals surface area contributed by atoms with E-state index in [4.69, 9.17) is 4.42 Å². The van der Waals surface area contributed by atoms with Gasteiger partial charge in [0.05, 0.1) is 18.7 Å². The number of carbonyl (C=O) groups is 1. The molecule has 0 spiro atoms. The van der Waals surface area contributed by atoms with Gasteiger partial charge in [-0.2, -0.15) is 0 Å². The Labute approximate surface area is 137 Å². The summed E-state index contributed by atoms with van der Waals surface area (Å²) < 4.78 is 6.03. The average Bonchev–Trinajstić information content (AvgIpc) is 3.21. The van der Waals surface area contributed by atoms with Crippen molar-refractivity contribution in [3.8, 4) is 17.0 Å². The molecule has 0 radical (unpaired) electrons. The third-order valence-electron chi connectivity index (χ3n) is 3.69. The van der Waals surface area contributed by atoms with E-state index in [1.807, 2.05) is 30.3 Å². The summed E-state index contributed by atoms with van der Waals surface area (Å²) in [7, 11) is 0. The molecule has 7 heteroatoms. The predicted molar refractivity (Wildman–Crippen MR) is 87.6 cm³/mol. The number of imidazole rings is 1. The van der Waals surface area contributed by atoms with E-state index in [1.165, 1.54) is 0 Å². The average molecular weight is 327 g/mol. The van der Waals surface area contributed by atoms with Crippen LogP contribution in [0.25, 0.3) is 11.1 Å². The Morgan fingerprint density at radius 3 is 2.62 bits per heavy atom. The largest absolute Gasteiger partial charge is 0.493 e. The van der Waals surface area contributed by atoms with Gasteiger partial charge in [-0.25, -0.2) is 4.79 Å².